The summed E-state index contributed by atoms with van der Waals surface area (Å²) < 4.78 is 18.1. The van der Waals surface area contributed by atoms with E-state index >= 15 is 0 Å². The van der Waals surface area contributed by atoms with Crippen LogP contribution in [0.3, 0.4) is 0 Å². The van der Waals surface area contributed by atoms with Crippen LogP contribution in [0.25, 0.3) is 0 Å². The molecule has 0 fully saturated rings. The molecule has 0 amide bonds. The fraction of sp³-hybridized carbons (Fsp3) is 0. The highest BCUT2D eigenvalue weighted by atomic mass is 31.1. The van der Waals surface area contributed by atoms with Crippen LogP contribution in [0.15, 0.2) is 12.8 Å². The van der Waals surface area contributed by atoms with Crippen molar-refractivity contribution in [1.29, 1.82) is 5.26 Å². The predicted octanol–water partition coefficient (Wildman–Crippen LogP) is 1.03. The molecule has 0 bridgehead atoms. The molecule has 5 heteroatoms. The SMILES string of the molecule is C=CO[PH](=O)OC#N. The summed E-state index contributed by atoms with van der Waals surface area (Å²) in [5.74, 6) is 0. The molecule has 0 saturated carbocycles. The van der Waals surface area contributed by atoms with Crippen molar-refractivity contribution in [2.24, 2.45) is 0 Å². The third-order valence-electron chi connectivity index (χ3n) is 0.309. The lowest BCUT2D eigenvalue weighted by Gasteiger charge is -1.91. The Kier molecular flexibility index (Phi) is 3.73. The second-order valence-corrected chi connectivity index (χ2v) is 1.67. The maximum Gasteiger partial charge on any atom is 0.427 e. The zero-order valence-corrected chi connectivity index (χ0v) is 4.96. The molecule has 0 radical (unpaired) electrons. The molecule has 0 rings (SSSR count). The first kappa shape index (κ1) is 7.06. The predicted molar refractivity (Wildman–Crippen MR) is 27.0 cm³/mol. The van der Waals surface area contributed by atoms with Gasteiger partial charge in [0.25, 0.3) is 6.26 Å². The van der Waals surface area contributed by atoms with E-state index in [0.29, 0.717) is 0 Å². The summed E-state index contributed by atoms with van der Waals surface area (Å²) in [5, 5.41) is 7.70. The summed E-state index contributed by atoms with van der Waals surface area (Å²) in [4.78, 5) is 0. The summed E-state index contributed by atoms with van der Waals surface area (Å²) in [5.41, 5.74) is 0. The van der Waals surface area contributed by atoms with Gasteiger partial charge in [0, 0.05) is 0 Å². The molecule has 0 aliphatic carbocycles. The molecule has 4 nitrogen and oxygen atoms in total. The minimum atomic E-state index is -2.62. The molecule has 0 aliphatic heterocycles. The van der Waals surface area contributed by atoms with Crippen LogP contribution in [0.5, 0.6) is 0 Å². The molecule has 1 unspecified atom stereocenters. The van der Waals surface area contributed by atoms with Gasteiger partial charge in [0.15, 0.2) is 0 Å². The van der Waals surface area contributed by atoms with Crippen molar-refractivity contribution in [1.82, 2.24) is 0 Å². The summed E-state index contributed by atoms with van der Waals surface area (Å²) >= 11 is 0. The van der Waals surface area contributed by atoms with Crippen LogP contribution in [0.1, 0.15) is 0 Å². The van der Waals surface area contributed by atoms with E-state index in [1.54, 1.807) is 0 Å². The molecule has 1 atom stereocenters. The second-order valence-electron chi connectivity index (χ2n) is 0.728. The van der Waals surface area contributed by atoms with Gasteiger partial charge in [-0.15, -0.1) is 5.26 Å². The smallest absolute Gasteiger partial charge is 0.426 e. The van der Waals surface area contributed by atoms with Crippen LogP contribution in [0.4, 0.5) is 0 Å². The van der Waals surface area contributed by atoms with Gasteiger partial charge < -0.3 is 9.05 Å². The molecule has 0 heterocycles. The van der Waals surface area contributed by atoms with Crippen molar-refractivity contribution >= 4 is 8.25 Å². The summed E-state index contributed by atoms with van der Waals surface area (Å²) in [6, 6.07) is 0. The van der Waals surface area contributed by atoms with Gasteiger partial charge >= 0.3 is 8.25 Å². The van der Waals surface area contributed by atoms with Gasteiger partial charge in [-0.25, -0.2) is 4.57 Å². The fourth-order valence-corrected chi connectivity index (χ4v) is 0.388. The maximum atomic E-state index is 10.1. The van der Waals surface area contributed by atoms with E-state index in [2.05, 4.69) is 15.6 Å². The van der Waals surface area contributed by atoms with E-state index in [1.165, 1.54) is 6.26 Å². The van der Waals surface area contributed by atoms with Crippen molar-refractivity contribution in [3.63, 3.8) is 0 Å². The van der Waals surface area contributed by atoms with Gasteiger partial charge in [-0.05, 0) is 0 Å². The van der Waals surface area contributed by atoms with Gasteiger partial charge in [-0.3, -0.25) is 0 Å². The first-order valence-corrected chi connectivity index (χ1v) is 2.91. The molecule has 0 saturated heterocycles. The highest BCUT2D eigenvalue weighted by molar-refractivity contribution is 7.33. The van der Waals surface area contributed by atoms with Crippen molar-refractivity contribution in [3.8, 4) is 6.26 Å². The average molecular weight is 133 g/mol. The molecular weight excluding hydrogens is 129 g/mol. The van der Waals surface area contributed by atoms with Crippen LogP contribution < -0.4 is 0 Å². The summed E-state index contributed by atoms with van der Waals surface area (Å²) in [7, 11) is -2.62. The Morgan fingerprint density at radius 3 is 2.88 bits per heavy atom. The number of nitrogens with zero attached hydrogens (tertiary/aromatic N) is 1. The highest BCUT2D eigenvalue weighted by Crippen LogP contribution is 2.21. The Balaban J connectivity index is 3.36. The van der Waals surface area contributed by atoms with Crippen LogP contribution >= 0.6 is 8.25 Å². The molecule has 0 aromatic carbocycles. The Bertz CT molecular complexity index is 138. The minimum Gasteiger partial charge on any atom is -0.426 e. The van der Waals surface area contributed by atoms with Crippen LogP contribution in [-0.2, 0) is 13.6 Å². The third kappa shape index (κ3) is 3.26. The third-order valence-corrected chi connectivity index (χ3v) is 0.926. The van der Waals surface area contributed by atoms with E-state index in [9.17, 15) is 4.57 Å². The lowest BCUT2D eigenvalue weighted by Crippen LogP contribution is -1.65. The lowest BCUT2D eigenvalue weighted by molar-refractivity contribution is 0.366. The quantitative estimate of drug-likeness (QED) is 0.327. The number of hydrogen-bond acceptors (Lipinski definition) is 4. The van der Waals surface area contributed by atoms with Gasteiger partial charge in [0.2, 0.25) is 0 Å². The van der Waals surface area contributed by atoms with E-state index in [-0.39, 0.29) is 0 Å². The Morgan fingerprint density at radius 2 is 2.50 bits per heavy atom. The molecule has 0 spiro atoms. The number of hydrogen-bond donors (Lipinski definition) is 0. The van der Waals surface area contributed by atoms with E-state index in [4.69, 9.17) is 5.26 Å². The average Bonchev–Trinajstić information content (AvgIpc) is 1.68. The topological polar surface area (TPSA) is 59.3 Å². The van der Waals surface area contributed by atoms with Gasteiger partial charge in [-0.2, -0.15) is 0 Å². The van der Waals surface area contributed by atoms with Crippen molar-refractivity contribution in [3.05, 3.63) is 12.8 Å². The van der Waals surface area contributed by atoms with Crippen molar-refractivity contribution in [2.75, 3.05) is 0 Å². The summed E-state index contributed by atoms with van der Waals surface area (Å²) in [6.07, 6.45) is 2.17. The minimum absolute atomic E-state index is 0.957. The molecular formula is C3H4NO3P. The monoisotopic (exact) mass is 133 g/mol. The highest BCUT2D eigenvalue weighted by Gasteiger charge is 1.90. The Hall–Kier alpha value is -0.940. The number of rotatable bonds is 3. The molecule has 8 heavy (non-hydrogen) atoms. The first-order chi connectivity index (χ1) is 3.81. The zero-order chi connectivity index (χ0) is 6.41. The van der Waals surface area contributed by atoms with Gasteiger partial charge in [-0.1, -0.05) is 6.58 Å². The van der Waals surface area contributed by atoms with E-state index < -0.39 is 8.25 Å². The Labute approximate surface area is 47.3 Å². The molecule has 0 aromatic rings. The van der Waals surface area contributed by atoms with Gasteiger partial charge in [0.05, 0.1) is 6.26 Å². The Morgan fingerprint density at radius 1 is 1.88 bits per heavy atom. The van der Waals surface area contributed by atoms with Crippen LogP contribution in [0, 0.1) is 11.5 Å². The van der Waals surface area contributed by atoms with Gasteiger partial charge in [0.1, 0.15) is 0 Å². The molecule has 44 valence electrons. The second kappa shape index (κ2) is 4.23. The van der Waals surface area contributed by atoms with Crippen molar-refractivity contribution < 1.29 is 13.6 Å². The standard InChI is InChI=1S/C3H4NO3P/c1-2-6-8(5)7-3-4/h2,8H,1H2. The van der Waals surface area contributed by atoms with Crippen molar-refractivity contribution in [2.45, 2.75) is 0 Å². The van der Waals surface area contributed by atoms with E-state index in [0.717, 1.165) is 6.26 Å². The lowest BCUT2D eigenvalue weighted by atomic mass is 11.2. The largest absolute Gasteiger partial charge is 0.427 e. The molecule has 0 aliphatic rings. The van der Waals surface area contributed by atoms with Crippen LogP contribution in [0.2, 0.25) is 0 Å². The van der Waals surface area contributed by atoms with E-state index in [1.807, 2.05) is 0 Å². The molecule has 0 N–H and O–H groups in total. The van der Waals surface area contributed by atoms with Crippen LogP contribution in [-0.4, -0.2) is 0 Å². The fourth-order valence-electron chi connectivity index (χ4n) is 0.129. The normalized spacial score (nSPS) is 10.9. The maximum absolute atomic E-state index is 10.1. The zero-order valence-electron chi connectivity index (χ0n) is 3.96. The number of nitriles is 1. The first-order valence-electron chi connectivity index (χ1n) is 1.68. The molecule has 0 aromatic heterocycles. The summed E-state index contributed by atoms with van der Waals surface area (Å²) in [6.45, 7) is 3.10.